The van der Waals surface area contributed by atoms with Gasteiger partial charge in [-0.1, -0.05) is 24.3 Å². The number of imidazole rings is 1. The first-order valence-electron chi connectivity index (χ1n) is 5.87. The summed E-state index contributed by atoms with van der Waals surface area (Å²) in [6.07, 6.45) is 2.46. The van der Waals surface area contributed by atoms with Crippen molar-refractivity contribution < 1.29 is 0 Å². The number of hydrogen-bond acceptors (Lipinski definition) is 4. The molecule has 0 aliphatic heterocycles. The SMILES string of the molecule is Nc1ncnc2nc(C3Cc4ccccc43)[nH]c12. The van der Waals surface area contributed by atoms with Gasteiger partial charge in [0.15, 0.2) is 11.5 Å². The standard InChI is InChI=1S/C13H11N5/c14-11-10-13(16-6-15-11)18-12(17-10)9-5-7-3-1-2-4-8(7)9/h1-4,6,9H,5H2,(H3,14,15,16,17,18). The van der Waals surface area contributed by atoms with E-state index in [1.165, 1.54) is 17.5 Å². The van der Waals surface area contributed by atoms with Crippen LogP contribution in [-0.2, 0) is 6.42 Å². The zero-order chi connectivity index (χ0) is 12.1. The predicted octanol–water partition coefficient (Wildman–Crippen LogP) is 1.62. The van der Waals surface area contributed by atoms with Gasteiger partial charge in [0.2, 0.25) is 0 Å². The molecule has 0 radical (unpaired) electrons. The third-order valence-electron chi connectivity index (χ3n) is 3.52. The summed E-state index contributed by atoms with van der Waals surface area (Å²) < 4.78 is 0. The van der Waals surface area contributed by atoms with Crippen molar-refractivity contribution >= 4 is 17.0 Å². The highest BCUT2D eigenvalue weighted by molar-refractivity contribution is 5.81. The minimum Gasteiger partial charge on any atom is -0.382 e. The van der Waals surface area contributed by atoms with Crippen molar-refractivity contribution in [3.63, 3.8) is 0 Å². The Morgan fingerprint density at radius 1 is 1.22 bits per heavy atom. The number of aromatic amines is 1. The zero-order valence-corrected chi connectivity index (χ0v) is 9.59. The lowest BCUT2D eigenvalue weighted by Gasteiger charge is -2.28. The van der Waals surface area contributed by atoms with E-state index < -0.39 is 0 Å². The summed E-state index contributed by atoms with van der Waals surface area (Å²) in [6, 6.07) is 8.42. The highest BCUT2D eigenvalue weighted by atomic mass is 15.1. The molecule has 1 unspecified atom stereocenters. The number of H-pyrrole nitrogens is 1. The molecule has 5 nitrogen and oxygen atoms in total. The smallest absolute Gasteiger partial charge is 0.183 e. The average molecular weight is 237 g/mol. The van der Waals surface area contributed by atoms with Crippen molar-refractivity contribution in [1.29, 1.82) is 0 Å². The molecule has 0 saturated carbocycles. The molecule has 88 valence electrons. The Hall–Kier alpha value is -2.43. The molecule has 5 heteroatoms. The Morgan fingerprint density at radius 2 is 2.11 bits per heavy atom. The Kier molecular flexibility index (Phi) is 1.75. The maximum atomic E-state index is 5.80. The lowest BCUT2D eigenvalue weighted by molar-refractivity contribution is 0.671. The summed E-state index contributed by atoms with van der Waals surface area (Å²) >= 11 is 0. The first-order chi connectivity index (χ1) is 8.83. The fourth-order valence-electron chi connectivity index (χ4n) is 2.53. The second kappa shape index (κ2) is 3.29. The van der Waals surface area contributed by atoms with E-state index in [-0.39, 0.29) is 0 Å². The molecule has 4 rings (SSSR count). The number of nitrogens with one attached hydrogen (secondary N) is 1. The van der Waals surface area contributed by atoms with Gasteiger partial charge in [-0.2, -0.15) is 0 Å². The predicted molar refractivity (Wildman–Crippen MR) is 68.1 cm³/mol. The van der Waals surface area contributed by atoms with Gasteiger partial charge < -0.3 is 10.7 Å². The second-order valence-corrected chi connectivity index (χ2v) is 4.54. The number of anilines is 1. The van der Waals surface area contributed by atoms with Gasteiger partial charge in [0.05, 0.1) is 0 Å². The molecule has 3 aromatic rings. The second-order valence-electron chi connectivity index (χ2n) is 4.54. The third kappa shape index (κ3) is 1.18. The number of nitrogens with zero attached hydrogens (tertiary/aromatic N) is 3. The fraction of sp³-hybridized carbons (Fsp3) is 0.154. The first kappa shape index (κ1) is 9.58. The van der Waals surface area contributed by atoms with Gasteiger partial charge in [-0.05, 0) is 17.5 Å². The Bertz CT molecular complexity index is 746. The van der Waals surface area contributed by atoms with Gasteiger partial charge in [0.1, 0.15) is 17.7 Å². The summed E-state index contributed by atoms with van der Waals surface area (Å²) in [6.45, 7) is 0. The van der Waals surface area contributed by atoms with Crippen molar-refractivity contribution in [3.8, 4) is 0 Å². The lowest BCUT2D eigenvalue weighted by Crippen LogP contribution is -2.19. The molecule has 0 amide bonds. The average Bonchev–Trinajstić information content (AvgIpc) is 2.76. The Labute approximate surface area is 103 Å². The fourth-order valence-corrected chi connectivity index (χ4v) is 2.53. The van der Waals surface area contributed by atoms with Crippen LogP contribution in [0.1, 0.15) is 22.9 Å². The van der Waals surface area contributed by atoms with Crippen molar-refractivity contribution in [2.45, 2.75) is 12.3 Å². The highest BCUT2D eigenvalue weighted by Gasteiger charge is 2.29. The van der Waals surface area contributed by atoms with E-state index in [4.69, 9.17) is 5.73 Å². The van der Waals surface area contributed by atoms with Crippen LogP contribution >= 0.6 is 0 Å². The zero-order valence-electron chi connectivity index (χ0n) is 9.59. The van der Waals surface area contributed by atoms with Gasteiger partial charge >= 0.3 is 0 Å². The first-order valence-corrected chi connectivity index (χ1v) is 5.87. The molecule has 1 aliphatic carbocycles. The molecule has 2 heterocycles. The molecule has 2 aromatic heterocycles. The number of fused-ring (bicyclic) bond motifs is 2. The molecule has 1 aromatic carbocycles. The van der Waals surface area contributed by atoms with Gasteiger partial charge in [-0.15, -0.1) is 0 Å². The monoisotopic (exact) mass is 237 g/mol. The maximum Gasteiger partial charge on any atom is 0.183 e. The van der Waals surface area contributed by atoms with E-state index in [0.29, 0.717) is 17.4 Å². The van der Waals surface area contributed by atoms with Crippen LogP contribution in [0.4, 0.5) is 5.82 Å². The van der Waals surface area contributed by atoms with E-state index >= 15 is 0 Å². The molecule has 0 fully saturated rings. The number of hydrogen-bond donors (Lipinski definition) is 2. The van der Waals surface area contributed by atoms with Crippen LogP contribution < -0.4 is 5.73 Å². The highest BCUT2D eigenvalue weighted by Crippen LogP contribution is 2.39. The number of rotatable bonds is 1. The van der Waals surface area contributed by atoms with Gasteiger partial charge in [-0.3, -0.25) is 0 Å². The van der Waals surface area contributed by atoms with Crippen LogP contribution in [0.3, 0.4) is 0 Å². The molecule has 1 aliphatic rings. The molecular weight excluding hydrogens is 226 g/mol. The van der Waals surface area contributed by atoms with E-state index in [2.05, 4.69) is 44.2 Å². The Balaban J connectivity index is 1.84. The van der Waals surface area contributed by atoms with Crippen molar-refractivity contribution in [1.82, 2.24) is 19.9 Å². The maximum absolute atomic E-state index is 5.80. The van der Waals surface area contributed by atoms with Gasteiger partial charge in [0.25, 0.3) is 0 Å². The van der Waals surface area contributed by atoms with Crippen molar-refractivity contribution in [3.05, 3.63) is 47.5 Å². The van der Waals surface area contributed by atoms with Crippen molar-refractivity contribution in [2.24, 2.45) is 0 Å². The van der Waals surface area contributed by atoms with Crippen LogP contribution in [0.2, 0.25) is 0 Å². The minimum atomic E-state index is 0.329. The number of nitrogens with two attached hydrogens (primary N) is 1. The largest absolute Gasteiger partial charge is 0.382 e. The Morgan fingerprint density at radius 3 is 2.94 bits per heavy atom. The quantitative estimate of drug-likeness (QED) is 0.674. The minimum absolute atomic E-state index is 0.329. The van der Waals surface area contributed by atoms with Gasteiger partial charge in [0, 0.05) is 5.92 Å². The summed E-state index contributed by atoms with van der Waals surface area (Å²) in [5, 5.41) is 0. The molecule has 3 N–H and O–H groups in total. The molecule has 1 atom stereocenters. The summed E-state index contributed by atoms with van der Waals surface area (Å²) in [7, 11) is 0. The normalized spacial score (nSPS) is 17.4. The van der Waals surface area contributed by atoms with E-state index in [9.17, 15) is 0 Å². The molecule has 0 bridgehead atoms. The number of aromatic nitrogens is 4. The summed E-state index contributed by atoms with van der Waals surface area (Å²) in [5.41, 5.74) is 9.90. The third-order valence-corrected chi connectivity index (χ3v) is 3.52. The van der Waals surface area contributed by atoms with E-state index in [1.54, 1.807) is 0 Å². The lowest BCUT2D eigenvalue weighted by atomic mass is 9.77. The topological polar surface area (TPSA) is 80.5 Å². The van der Waals surface area contributed by atoms with Crippen LogP contribution in [0.5, 0.6) is 0 Å². The van der Waals surface area contributed by atoms with Crippen LogP contribution in [0.15, 0.2) is 30.6 Å². The number of benzene rings is 1. The molecule has 18 heavy (non-hydrogen) atoms. The van der Waals surface area contributed by atoms with Crippen molar-refractivity contribution in [2.75, 3.05) is 5.73 Å². The summed E-state index contributed by atoms with van der Waals surface area (Å²) in [4.78, 5) is 15.8. The van der Waals surface area contributed by atoms with Gasteiger partial charge in [-0.25, -0.2) is 15.0 Å². The molecule has 0 spiro atoms. The van der Waals surface area contributed by atoms with Crippen LogP contribution in [0.25, 0.3) is 11.2 Å². The van der Waals surface area contributed by atoms with Crippen LogP contribution in [0, 0.1) is 0 Å². The molecule has 0 saturated heterocycles. The summed E-state index contributed by atoms with van der Waals surface area (Å²) in [5.74, 6) is 1.71. The van der Waals surface area contributed by atoms with Crippen LogP contribution in [-0.4, -0.2) is 19.9 Å². The van der Waals surface area contributed by atoms with E-state index in [1.807, 2.05) is 0 Å². The number of nitrogen functional groups attached to an aromatic ring is 1. The van der Waals surface area contributed by atoms with E-state index in [0.717, 1.165) is 17.8 Å². The molecular formula is C13H11N5.